The van der Waals surface area contributed by atoms with E-state index in [1.807, 2.05) is 65.6 Å². The zero-order chi connectivity index (χ0) is 9.80. The summed E-state index contributed by atoms with van der Waals surface area (Å²) in [6.45, 7) is 0. The maximum Gasteiger partial charge on any atom is 0.0411 e. The molecule has 0 fully saturated rings. The molecule has 69 valence electrons. The molecule has 1 nitrogen and oxygen atoms in total. The Morgan fingerprint density at radius 3 is 1.36 bits per heavy atom. The number of benzene rings is 2. The molecule has 0 bridgehead atoms. The second-order valence-electron chi connectivity index (χ2n) is 3.10. The predicted molar refractivity (Wildman–Crippen MR) is 60.4 cm³/mol. The fraction of sp³-hybridized carbons (Fsp3) is 0. The van der Waals surface area contributed by atoms with Gasteiger partial charge >= 0.3 is 0 Å². The third kappa shape index (κ3) is 1.77. The summed E-state index contributed by atoms with van der Waals surface area (Å²) in [6, 6.07) is 20.2. The number of para-hydroxylation sites is 2. The highest BCUT2D eigenvalue weighted by atomic mass is 15.1. The molecule has 2 aromatic carbocycles. The SMILES string of the molecule is [CH2]N(c1ccccc1)c1ccccc1. The van der Waals surface area contributed by atoms with E-state index in [1.165, 1.54) is 0 Å². The lowest BCUT2D eigenvalue weighted by Crippen LogP contribution is -2.05. The van der Waals surface area contributed by atoms with Gasteiger partial charge in [0.25, 0.3) is 0 Å². The Morgan fingerprint density at radius 1 is 0.643 bits per heavy atom. The summed E-state index contributed by atoms with van der Waals surface area (Å²) >= 11 is 0. The van der Waals surface area contributed by atoms with Gasteiger partial charge in [0.05, 0.1) is 0 Å². The molecule has 0 aromatic heterocycles. The lowest BCUT2D eigenvalue weighted by atomic mass is 10.2. The van der Waals surface area contributed by atoms with E-state index in [0.717, 1.165) is 11.4 Å². The zero-order valence-electron chi connectivity index (χ0n) is 7.93. The Kier molecular flexibility index (Phi) is 2.50. The van der Waals surface area contributed by atoms with E-state index in [9.17, 15) is 0 Å². The lowest BCUT2D eigenvalue weighted by molar-refractivity contribution is 1.28. The molecule has 0 aliphatic rings. The van der Waals surface area contributed by atoms with Crippen LogP contribution in [0.3, 0.4) is 0 Å². The summed E-state index contributed by atoms with van der Waals surface area (Å²) in [4.78, 5) is 1.92. The van der Waals surface area contributed by atoms with Crippen molar-refractivity contribution in [1.29, 1.82) is 0 Å². The monoisotopic (exact) mass is 182 g/mol. The summed E-state index contributed by atoms with van der Waals surface area (Å²) in [5, 5.41) is 0. The highest BCUT2D eigenvalue weighted by Crippen LogP contribution is 2.22. The van der Waals surface area contributed by atoms with Crippen molar-refractivity contribution in [1.82, 2.24) is 0 Å². The Morgan fingerprint density at radius 2 is 1.00 bits per heavy atom. The number of nitrogens with zero attached hydrogens (tertiary/aromatic N) is 1. The van der Waals surface area contributed by atoms with Gasteiger partial charge in [-0.05, 0) is 24.3 Å². The van der Waals surface area contributed by atoms with Crippen molar-refractivity contribution < 1.29 is 0 Å². The van der Waals surface area contributed by atoms with Crippen LogP contribution in [0.25, 0.3) is 0 Å². The Balaban J connectivity index is 2.30. The van der Waals surface area contributed by atoms with Crippen LogP contribution in [0.4, 0.5) is 11.4 Å². The molecule has 0 aliphatic heterocycles. The molecule has 1 heteroatoms. The molecule has 0 saturated carbocycles. The summed E-state index contributed by atoms with van der Waals surface area (Å²) in [5.74, 6) is 0. The second kappa shape index (κ2) is 3.97. The van der Waals surface area contributed by atoms with Crippen molar-refractivity contribution in [3.63, 3.8) is 0 Å². The highest BCUT2D eigenvalue weighted by Gasteiger charge is 2.00. The largest absolute Gasteiger partial charge is 0.340 e. The third-order valence-electron chi connectivity index (χ3n) is 2.14. The number of anilines is 2. The molecule has 14 heavy (non-hydrogen) atoms. The van der Waals surface area contributed by atoms with Gasteiger partial charge in [0.1, 0.15) is 0 Å². The first-order valence-electron chi connectivity index (χ1n) is 4.58. The van der Waals surface area contributed by atoms with Gasteiger partial charge in [-0.15, -0.1) is 0 Å². The molecule has 0 atom stereocenters. The van der Waals surface area contributed by atoms with Gasteiger partial charge in [-0.1, -0.05) is 36.4 Å². The van der Waals surface area contributed by atoms with Crippen LogP contribution in [0.15, 0.2) is 60.7 Å². The van der Waals surface area contributed by atoms with Gasteiger partial charge in [-0.25, -0.2) is 0 Å². The highest BCUT2D eigenvalue weighted by molar-refractivity contribution is 5.63. The maximum atomic E-state index is 4.01. The van der Waals surface area contributed by atoms with Crippen molar-refractivity contribution in [2.45, 2.75) is 0 Å². The lowest BCUT2D eigenvalue weighted by Gasteiger charge is -2.18. The smallest absolute Gasteiger partial charge is 0.0411 e. The quantitative estimate of drug-likeness (QED) is 0.685. The molecular formula is C13H12N. The van der Waals surface area contributed by atoms with Crippen molar-refractivity contribution >= 4 is 11.4 Å². The fourth-order valence-corrected chi connectivity index (χ4v) is 1.36. The molecule has 2 rings (SSSR count). The van der Waals surface area contributed by atoms with E-state index >= 15 is 0 Å². The second-order valence-corrected chi connectivity index (χ2v) is 3.10. The Hall–Kier alpha value is -1.76. The van der Waals surface area contributed by atoms with Crippen molar-refractivity contribution in [3.05, 3.63) is 67.7 Å². The van der Waals surface area contributed by atoms with Crippen LogP contribution in [0.5, 0.6) is 0 Å². The molecule has 1 radical (unpaired) electrons. The average Bonchev–Trinajstić information content (AvgIpc) is 2.30. The first-order chi connectivity index (χ1) is 6.88. The van der Waals surface area contributed by atoms with Gasteiger partial charge < -0.3 is 4.90 Å². The topological polar surface area (TPSA) is 3.24 Å². The number of hydrogen-bond acceptors (Lipinski definition) is 1. The zero-order valence-corrected chi connectivity index (χ0v) is 7.93. The predicted octanol–water partition coefficient (Wildman–Crippen LogP) is 3.62. The summed E-state index contributed by atoms with van der Waals surface area (Å²) in [5.41, 5.74) is 2.19. The molecule has 0 heterocycles. The van der Waals surface area contributed by atoms with Crippen molar-refractivity contribution in [2.75, 3.05) is 4.90 Å². The van der Waals surface area contributed by atoms with E-state index in [2.05, 4.69) is 7.05 Å². The Labute approximate surface area is 84.6 Å². The van der Waals surface area contributed by atoms with Crippen molar-refractivity contribution in [3.8, 4) is 0 Å². The first kappa shape index (κ1) is 8.82. The molecule has 0 N–H and O–H groups in total. The molecule has 2 aromatic rings. The van der Waals surface area contributed by atoms with Crippen LogP contribution in [0.1, 0.15) is 0 Å². The molecule has 0 amide bonds. The normalized spacial score (nSPS) is 9.79. The summed E-state index contributed by atoms with van der Waals surface area (Å²) < 4.78 is 0. The van der Waals surface area contributed by atoms with Gasteiger partial charge in [0.15, 0.2) is 0 Å². The van der Waals surface area contributed by atoms with Crippen LogP contribution in [0, 0.1) is 7.05 Å². The standard InChI is InChI=1S/C13H12N/c1-14(12-8-4-2-5-9-12)13-10-6-3-7-11-13/h2-11H,1H2. The first-order valence-corrected chi connectivity index (χ1v) is 4.58. The summed E-state index contributed by atoms with van der Waals surface area (Å²) in [7, 11) is 4.01. The minimum atomic E-state index is 1.10. The summed E-state index contributed by atoms with van der Waals surface area (Å²) in [6.07, 6.45) is 0. The molecule has 0 aliphatic carbocycles. The van der Waals surface area contributed by atoms with Gasteiger partial charge in [-0.3, -0.25) is 0 Å². The molecule has 0 spiro atoms. The Bertz CT molecular complexity index is 341. The van der Waals surface area contributed by atoms with E-state index in [4.69, 9.17) is 0 Å². The number of rotatable bonds is 2. The van der Waals surface area contributed by atoms with Crippen LogP contribution in [-0.2, 0) is 0 Å². The minimum Gasteiger partial charge on any atom is -0.340 e. The van der Waals surface area contributed by atoms with Gasteiger partial charge in [0.2, 0.25) is 0 Å². The third-order valence-corrected chi connectivity index (χ3v) is 2.14. The van der Waals surface area contributed by atoms with Crippen LogP contribution < -0.4 is 4.90 Å². The minimum absolute atomic E-state index is 1.10. The van der Waals surface area contributed by atoms with E-state index < -0.39 is 0 Å². The number of hydrogen-bond donors (Lipinski definition) is 0. The van der Waals surface area contributed by atoms with Crippen LogP contribution >= 0.6 is 0 Å². The van der Waals surface area contributed by atoms with E-state index in [0.29, 0.717) is 0 Å². The fourth-order valence-electron chi connectivity index (χ4n) is 1.36. The maximum absolute atomic E-state index is 4.01. The van der Waals surface area contributed by atoms with Crippen molar-refractivity contribution in [2.24, 2.45) is 0 Å². The van der Waals surface area contributed by atoms with Gasteiger partial charge in [0, 0.05) is 18.4 Å². The molecule has 0 unspecified atom stereocenters. The van der Waals surface area contributed by atoms with Crippen LogP contribution in [0.2, 0.25) is 0 Å². The molecular weight excluding hydrogens is 170 g/mol. The van der Waals surface area contributed by atoms with E-state index in [1.54, 1.807) is 0 Å². The molecule has 0 saturated heterocycles. The average molecular weight is 182 g/mol. The van der Waals surface area contributed by atoms with Gasteiger partial charge in [-0.2, -0.15) is 0 Å². The van der Waals surface area contributed by atoms with Crippen LogP contribution in [-0.4, -0.2) is 0 Å². The van der Waals surface area contributed by atoms with E-state index in [-0.39, 0.29) is 0 Å².